The number of ether oxygens (including phenoxy) is 2. The van der Waals surface area contributed by atoms with E-state index in [1.807, 2.05) is 42.5 Å². The van der Waals surface area contributed by atoms with Crippen molar-refractivity contribution >= 4 is 85.8 Å². The maximum absolute atomic E-state index is 12.9. The molecule has 0 spiro atoms. The largest absolute Gasteiger partial charge is 0.495 e. The summed E-state index contributed by atoms with van der Waals surface area (Å²) in [5.74, 6) is 0.250. The number of rotatable bonds is 8. The smallest absolute Gasteiger partial charge is 0.294 e. The van der Waals surface area contributed by atoms with Gasteiger partial charge in [-0.3, -0.25) is 19.3 Å². The van der Waals surface area contributed by atoms with Crippen LogP contribution in [-0.4, -0.2) is 35.6 Å². The molecule has 0 bridgehead atoms. The molecule has 1 aliphatic heterocycles. The molecule has 184 valence electrons. The van der Waals surface area contributed by atoms with Crippen LogP contribution in [-0.2, 0) is 16.2 Å². The molecule has 1 saturated heterocycles. The molecule has 1 heterocycles. The Morgan fingerprint density at radius 1 is 1.03 bits per heavy atom. The summed E-state index contributed by atoms with van der Waals surface area (Å²) in [7, 11) is 1.50. The predicted molar refractivity (Wildman–Crippen MR) is 157 cm³/mol. The number of para-hydroxylation sites is 2. The Balaban J connectivity index is 1.44. The third-order valence-electron chi connectivity index (χ3n) is 5.10. The molecule has 1 aliphatic rings. The number of anilines is 1. The highest BCUT2D eigenvalue weighted by molar-refractivity contribution is 14.1. The van der Waals surface area contributed by atoms with Gasteiger partial charge in [0.15, 0.2) is 0 Å². The Hall–Kier alpha value is -2.58. The lowest BCUT2D eigenvalue weighted by atomic mass is 10.2. The molecule has 1 N–H and O–H groups in total. The summed E-state index contributed by atoms with van der Waals surface area (Å²) >= 11 is 5.20. The average molecular weight is 726 g/mol. The van der Waals surface area contributed by atoms with E-state index < -0.39 is 17.1 Å². The van der Waals surface area contributed by atoms with Gasteiger partial charge in [0, 0.05) is 0 Å². The molecule has 10 heteroatoms. The van der Waals surface area contributed by atoms with Crippen molar-refractivity contribution in [3.63, 3.8) is 0 Å². The number of carbonyl (C=O) groups excluding carboxylic acids is 3. The van der Waals surface area contributed by atoms with Gasteiger partial charge in [-0.2, -0.15) is 0 Å². The number of benzene rings is 3. The first-order chi connectivity index (χ1) is 17.4. The zero-order valence-corrected chi connectivity index (χ0v) is 24.1. The molecule has 0 atom stereocenters. The number of methoxy groups -OCH3 is 1. The van der Waals surface area contributed by atoms with Crippen molar-refractivity contribution in [3.05, 3.63) is 89.9 Å². The molecule has 1 fully saturated rings. The van der Waals surface area contributed by atoms with E-state index in [1.165, 1.54) is 7.11 Å². The zero-order valence-electron chi connectivity index (χ0n) is 19.0. The number of imide groups is 1. The zero-order chi connectivity index (χ0) is 25.7. The monoisotopic (exact) mass is 726 g/mol. The molecule has 0 unspecified atom stereocenters. The molecule has 3 aromatic carbocycles. The Labute approximate surface area is 239 Å². The summed E-state index contributed by atoms with van der Waals surface area (Å²) in [5, 5.41) is 2.19. The normalized spacial score (nSPS) is 14.3. The van der Waals surface area contributed by atoms with Gasteiger partial charge in [0.2, 0.25) is 5.91 Å². The highest BCUT2D eigenvalue weighted by Crippen LogP contribution is 2.35. The van der Waals surface area contributed by atoms with Crippen molar-refractivity contribution in [3.8, 4) is 11.5 Å². The fourth-order valence-corrected chi connectivity index (χ4v) is 6.37. The molecule has 4 rings (SSSR count). The average Bonchev–Trinajstić information content (AvgIpc) is 3.11. The van der Waals surface area contributed by atoms with Crippen LogP contribution in [0, 0.1) is 7.14 Å². The second-order valence-electron chi connectivity index (χ2n) is 7.60. The van der Waals surface area contributed by atoms with E-state index in [4.69, 9.17) is 9.47 Å². The molecular weight excluding hydrogens is 706 g/mol. The number of halogens is 2. The van der Waals surface area contributed by atoms with Crippen LogP contribution in [0.4, 0.5) is 10.5 Å². The van der Waals surface area contributed by atoms with Crippen molar-refractivity contribution in [1.82, 2.24) is 4.90 Å². The van der Waals surface area contributed by atoms with Crippen LogP contribution in [0.5, 0.6) is 11.5 Å². The first-order valence-corrected chi connectivity index (χ1v) is 13.7. The standard InChI is InChI=1S/C26H20I2N2O5S/c1-34-21-10-6-5-9-20(21)29-23(31)14-30-25(32)22(36-26(30)33)13-17-11-18(27)24(19(28)12-17)35-15-16-7-3-2-4-8-16/h2-13H,14-15H2,1H3,(H,29,31)/b22-13+. The van der Waals surface area contributed by atoms with Crippen LogP contribution in [0.1, 0.15) is 11.1 Å². The van der Waals surface area contributed by atoms with Crippen molar-refractivity contribution in [2.75, 3.05) is 19.0 Å². The maximum Gasteiger partial charge on any atom is 0.294 e. The van der Waals surface area contributed by atoms with E-state index in [1.54, 1.807) is 30.3 Å². The van der Waals surface area contributed by atoms with Gasteiger partial charge in [0.05, 0.1) is 24.8 Å². The third kappa shape index (κ3) is 6.40. The van der Waals surface area contributed by atoms with Crippen LogP contribution in [0.2, 0.25) is 0 Å². The van der Waals surface area contributed by atoms with E-state index in [-0.39, 0.29) is 11.4 Å². The van der Waals surface area contributed by atoms with Gasteiger partial charge in [-0.15, -0.1) is 0 Å². The highest BCUT2D eigenvalue weighted by Gasteiger charge is 2.36. The van der Waals surface area contributed by atoms with Crippen LogP contribution in [0.25, 0.3) is 6.08 Å². The van der Waals surface area contributed by atoms with E-state index in [2.05, 4.69) is 50.5 Å². The predicted octanol–water partition coefficient (Wildman–Crippen LogP) is 6.16. The second-order valence-corrected chi connectivity index (χ2v) is 10.9. The van der Waals surface area contributed by atoms with E-state index in [9.17, 15) is 14.4 Å². The first-order valence-electron chi connectivity index (χ1n) is 10.7. The number of nitrogens with one attached hydrogen (secondary N) is 1. The van der Waals surface area contributed by atoms with E-state index in [0.717, 1.165) is 40.7 Å². The minimum absolute atomic E-state index is 0.259. The van der Waals surface area contributed by atoms with Gasteiger partial charge < -0.3 is 14.8 Å². The Bertz CT molecular complexity index is 1320. The van der Waals surface area contributed by atoms with Gasteiger partial charge in [-0.05, 0) is 98.4 Å². The van der Waals surface area contributed by atoms with Crippen molar-refractivity contribution in [2.45, 2.75) is 6.61 Å². The number of carbonyl (C=O) groups is 3. The lowest BCUT2D eigenvalue weighted by Gasteiger charge is -2.14. The Morgan fingerprint density at radius 3 is 2.39 bits per heavy atom. The van der Waals surface area contributed by atoms with Crippen molar-refractivity contribution in [2.24, 2.45) is 0 Å². The SMILES string of the molecule is COc1ccccc1NC(=O)CN1C(=O)S/C(=C/c2cc(I)c(OCc3ccccc3)c(I)c2)C1=O. The summed E-state index contributed by atoms with van der Waals surface area (Å²) in [4.78, 5) is 39.1. The lowest BCUT2D eigenvalue weighted by Crippen LogP contribution is -2.36. The molecule has 3 amide bonds. The Morgan fingerprint density at radius 2 is 1.69 bits per heavy atom. The Kier molecular flexibility index (Phi) is 8.90. The van der Waals surface area contributed by atoms with Gasteiger partial charge in [0.25, 0.3) is 11.1 Å². The minimum atomic E-state index is -0.505. The quantitative estimate of drug-likeness (QED) is 0.221. The first kappa shape index (κ1) is 26.5. The summed E-state index contributed by atoms with van der Waals surface area (Å²) < 4.78 is 13.0. The third-order valence-corrected chi connectivity index (χ3v) is 7.61. The van der Waals surface area contributed by atoms with E-state index in [0.29, 0.717) is 18.0 Å². The molecule has 7 nitrogen and oxygen atoms in total. The molecule has 3 aromatic rings. The summed E-state index contributed by atoms with van der Waals surface area (Å²) in [6.45, 7) is 0.0589. The van der Waals surface area contributed by atoms with Crippen LogP contribution in [0.15, 0.2) is 71.6 Å². The number of nitrogens with zero attached hydrogens (tertiary/aromatic N) is 1. The molecule has 0 saturated carbocycles. The molecule has 0 radical (unpaired) electrons. The van der Waals surface area contributed by atoms with Crippen LogP contribution < -0.4 is 14.8 Å². The molecular formula is C26H20I2N2O5S. The van der Waals surface area contributed by atoms with Crippen molar-refractivity contribution < 1.29 is 23.9 Å². The summed E-state index contributed by atoms with van der Waals surface area (Å²) in [6.07, 6.45) is 1.66. The van der Waals surface area contributed by atoms with Gasteiger partial charge >= 0.3 is 0 Å². The minimum Gasteiger partial charge on any atom is -0.495 e. The van der Waals surface area contributed by atoms with Gasteiger partial charge in [0.1, 0.15) is 24.7 Å². The number of thioether (sulfide) groups is 1. The summed E-state index contributed by atoms with van der Waals surface area (Å²) in [5.41, 5.74) is 2.29. The number of hydrogen-bond acceptors (Lipinski definition) is 6. The summed E-state index contributed by atoms with van der Waals surface area (Å²) in [6, 6.07) is 20.6. The van der Waals surface area contributed by atoms with Gasteiger partial charge in [-0.25, -0.2) is 0 Å². The van der Waals surface area contributed by atoms with Gasteiger partial charge in [-0.1, -0.05) is 42.5 Å². The van der Waals surface area contributed by atoms with Crippen LogP contribution >= 0.6 is 56.9 Å². The topological polar surface area (TPSA) is 84.9 Å². The highest BCUT2D eigenvalue weighted by atomic mass is 127. The fourth-order valence-electron chi connectivity index (χ4n) is 3.40. The van der Waals surface area contributed by atoms with Crippen LogP contribution in [0.3, 0.4) is 0 Å². The molecule has 0 aromatic heterocycles. The molecule has 36 heavy (non-hydrogen) atoms. The number of amides is 3. The van der Waals surface area contributed by atoms with Crippen molar-refractivity contribution in [1.29, 1.82) is 0 Å². The second kappa shape index (κ2) is 12.1. The van der Waals surface area contributed by atoms with E-state index >= 15 is 0 Å². The fraction of sp³-hybridized carbons (Fsp3) is 0.115. The molecule has 0 aliphatic carbocycles. The number of hydrogen-bond donors (Lipinski definition) is 1. The maximum atomic E-state index is 12.9. The lowest BCUT2D eigenvalue weighted by molar-refractivity contribution is -0.127.